The lowest BCUT2D eigenvalue weighted by Gasteiger charge is -2.33. The summed E-state index contributed by atoms with van der Waals surface area (Å²) in [7, 11) is 0. The molecule has 0 spiro atoms. The Morgan fingerprint density at radius 3 is 2.46 bits per heavy atom. The molecule has 1 aromatic rings. The van der Waals surface area contributed by atoms with Gasteiger partial charge in [-0.05, 0) is 44.6 Å². The van der Waals surface area contributed by atoms with Gasteiger partial charge in [-0.25, -0.2) is 0 Å². The van der Waals surface area contributed by atoms with Gasteiger partial charge in [0.25, 0.3) is 0 Å². The van der Waals surface area contributed by atoms with E-state index in [0.717, 1.165) is 71.6 Å². The maximum Gasteiger partial charge on any atom is 0.243 e. The van der Waals surface area contributed by atoms with Gasteiger partial charge < -0.3 is 20.7 Å². The van der Waals surface area contributed by atoms with Crippen LogP contribution < -0.4 is 11.1 Å². The maximum atomic E-state index is 13.3. The number of hydrogen-bond donors (Lipinski definition) is 2. The lowest BCUT2D eigenvalue weighted by molar-refractivity contribution is -0.137. The molecule has 3 N–H and O–H groups in total. The smallest absolute Gasteiger partial charge is 0.243 e. The largest absolute Gasteiger partial charge is 0.379 e. The zero-order valence-corrected chi connectivity index (χ0v) is 21.5. The summed E-state index contributed by atoms with van der Waals surface area (Å²) in [5.74, 6) is -0.0339. The number of carbonyl (C=O) groups is 2. The molecular formula is C27H43N5O3. The number of nitrogens with two attached hydrogens (primary N) is 1. The normalized spacial score (nSPS) is 27.8. The van der Waals surface area contributed by atoms with Crippen LogP contribution in [0.25, 0.3) is 0 Å². The third kappa shape index (κ3) is 7.26. The number of hydrogen-bond acceptors (Lipinski definition) is 6. The topological polar surface area (TPSA) is 91.1 Å². The molecule has 2 atom stereocenters. The summed E-state index contributed by atoms with van der Waals surface area (Å²) in [6.45, 7) is 10.4. The van der Waals surface area contributed by atoms with E-state index in [0.29, 0.717) is 13.0 Å². The Hall–Kier alpha value is -2.00. The van der Waals surface area contributed by atoms with Crippen molar-refractivity contribution in [3.05, 3.63) is 35.4 Å². The van der Waals surface area contributed by atoms with Crippen LogP contribution in [-0.2, 0) is 20.9 Å². The number of aryl methyl sites for hydroxylation is 1. The highest BCUT2D eigenvalue weighted by molar-refractivity contribution is 5.87. The molecule has 4 rings (SSSR count). The number of carbonyl (C=O) groups excluding carboxylic acids is 2. The van der Waals surface area contributed by atoms with Gasteiger partial charge in [-0.2, -0.15) is 0 Å². The van der Waals surface area contributed by atoms with Crippen LogP contribution in [-0.4, -0.2) is 96.6 Å². The number of nitrogens with one attached hydrogen (secondary N) is 1. The number of benzene rings is 1. The van der Waals surface area contributed by atoms with Crippen molar-refractivity contribution in [3.63, 3.8) is 0 Å². The van der Waals surface area contributed by atoms with Crippen molar-refractivity contribution in [2.75, 3.05) is 45.9 Å². The highest BCUT2D eigenvalue weighted by atomic mass is 16.5. The van der Waals surface area contributed by atoms with Gasteiger partial charge in [0.05, 0.1) is 13.2 Å². The average molecular weight is 486 g/mol. The fourth-order valence-electron chi connectivity index (χ4n) is 5.65. The second-order valence-electron chi connectivity index (χ2n) is 10.6. The van der Waals surface area contributed by atoms with Crippen molar-refractivity contribution in [2.24, 2.45) is 5.73 Å². The van der Waals surface area contributed by atoms with E-state index in [4.69, 9.17) is 10.5 Å². The number of ether oxygens (including phenoxy) is 1. The Kier molecular flexibility index (Phi) is 9.16. The molecule has 0 aromatic heterocycles. The van der Waals surface area contributed by atoms with Crippen molar-refractivity contribution in [1.29, 1.82) is 0 Å². The number of nitrogens with zero attached hydrogens (tertiary/aromatic N) is 3. The number of amides is 2. The lowest BCUT2D eigenvalue weighted by Crippen LogP contribution is -2.49. The summed E-state index contributed by atoms with van der Waals surface area (Å²) in [6, 6.07) is 8.83. The zero-order chi connectivity index (χ0) is 24.8. The van der Waals surface area contributed by atoms with E-state index in [1.54, 1.807) is 11.8 Å². The van der Waals surface area contributed by atoms with Crippen LogP contribution in [0.1, 0.15) is 50.2 Å². The van der Waals surface area contributed by atoms with Crippen LogP contribution in [0.15, 0.2) is 24.3 Å². The number of rotatable bonds is 8. The summed E-state index contributed by atoms with van der Waals surface area (Å²) >= 11 is 0. The molecule has 2 aliphatic heterocycles. The molecule has 194 valence electrons. The van der Waals surface area contributed by atoms with Gasteiger partial charge in [-0.1, -0.05) is 29.8 Å². The van der Waals surface area contributed by atoms with E-state index in [2.05, 4.69) is 46.3 Å². The minimum Gasteiger partial charge on any atom is -0.379 e. The van der Waals surface area contributed by atoms with Gasteiger partial charge in [-0.15, -0.1) is 0 Å². The lowest BCUT2D eigenvalue weighted by atomic mass is 9.91. The molecule has 1 aromatic carbocycles. The second kappa shape index (κ2) is 12.3. The van der Waals surface area contributed by atoms with Gasteiger partial charge in [0.15, 0.2) is 0 Å². The molecule has 2 saturated heterocycles. The summed E-state index contributed by atoms with van der Waals surface area (Å²) in [4.78, 5) is 32.6. The van der Waals surface area contributed by atoms with E-state index in [9.17, 15) is 9.59 Å². The Balaban J connectivity index is 1.44. The Morgan fingerprint density at radius 2 is 1.80 bits per heavy atom. The van der Waals surface area contributed by atoms with Crippen LogP contribution in [0.4, 0.5) is 0 Å². The number of morpholine rings is 1. The van der Waals surface area contributed by atoms with Crippen molar-refractivity contribution in [2.45, 2.75) is 76.7 Å². The van der Waals surface area contributed by atoms with Crippen molar-refractivity contribution >= 4 is 11.8 Å². The molecule has 8 nitrogen and oxygen atoms in total. The van der Waals surface area contributed by atoms with Crippen LogP contribution in [0, 0.1) is 6.92 Å². The third-order valence-corrected chi connectivity index (χ3v) is 7.93. The fraction of sp³-hybridized carbons (Fsp3) is 0.704. The standard InChI is InChI=1S/C27H43N5O3/c1-20-3-5-22(6-4-20)18-31(12-11-30-13-15-35-16-14-30)25-17-26(32(19-25)21(2)33)27(34)29-24-9-7-23(28)8-10-24/h3-6,23-26H,7-19,28H2,1-2H3,(H,29,34). The Labute approximate surface area is 210 Å². The predicted molar refractivity (Wildman–Crippen MR) is 137 cm³/mol. The molecule has 0 bridgehead atoms. The minimum absolute atomic E-state index is 0.00774. The summed E-state index contributed by atoms with van der Waals surface area (Å²) in [6.07, 6.45) is 4.40. The predicted octanol–water partition coefficient (Wildman–Crippen LogP) is 1.50. The van der Waals surface area contributed by atoms with Crippen LogP contribution in [0.2, 0.25) is 0 Å². The molecule has 3 fully saturated rings. The first-order valence-electron chi connectivity index (χ1n) is 13.3. The molecule has 1 aliphatic carbocycles. The summed E-state index contributed by atoms with van der Waals surface area (Å²) in [5.41, 5.74) is 8.55. The molecule has 1 saturated carbocycles. The molecule has 2 unspecified atom stereocenters. The fourth-order valence-corrected chi connectivity index (χ4v) is 5.65. The molecule has 35 heavy (non-hydrogen) atoms. The van der Waals surface area contributed by atoms with Crippen LogP contribution in [0.5, 0.6) is 0 Å². The third-order valence-electron chi connectivity index (χ3n) is 7.93. The molecular weight excluding hydrogens is 442 g/mol. The SMILES string of the molecule is CC(=O)N1CC(N(CCN2CCOCC2)Cc2ccc(C)cc2)CC1C(=O)NC1CCC(N)CC1. The van der Waals surface area contributed by atoms with E-state index in [-0.39, 0.29) is 29.9 Å². The van der Waals surface area contributed by atoms with Crippen LogP contribution >= 0.6 is 0 Å². The van der Waals surface area contributed by atoms with E-state index >= 15 is 0 Å². The highest BCUT2D eigenvalue weighted by Gasteiger charge is 2.41. The molecule has 0 radical (unpaired) electrons. The van der Waals surface area contributed by atoms with E-state index in [1.807, 2.05) is 0 Å². The zero-order valence-electron chi connectivity index (χ0n) is 21.5. The first-order valence-corrected chi connectivity index (χ1v) is 13.3. The van der Waals surface area contributed by atoms with E-state index < -0.39 is 6.04 Å². The molecule has 2 amide bonds. The summed E-state index contributed by atoms with van der Waals surface area (Å²) < 4.78 is 5.51. The van der Waals surface area contributed by atoms with Gasteiger partial charge in [0, 0.05) is 64.3 Å². The van der Waals surface area contributed by atoms with Gasteiger partial charge in [0.1, 0.15) is 6.04 Å². The Morgan fingerprint density at radius 1 is 1.11 bits per heavy atom. The molecule has 8 heteroatoms. The van der Waals surface area contributed by atoms with Crippen molar-refractivity contribution < 1.29 is 14.3 Å². The average Bonchev–Trinajstić information content (AvgIpc) is 3.31. The number of likely N-dealkylation sites (tertiary alicyclic amines) is 1. The maximum absolute atomic E-state index is 13.3. The minimum atomic E-state index is -0.406. The van der Waals surface area contributed by atoms with E-state index in [1.165, 1.54) is 11.1 Å². The Bertz CT molecular complexity index is 834. The van der Waals surface area contributed by atoms with Gasteiger partial charge in [-0.3, -0.25) is 19.4 Å². The quantitative estimate of drug-likeness (QED) is 0.580. The first kappa shape index (κ1) is 26.1. The molecule has 3 aliphatic rings. The molecule has 2 heterocycles. The highest BCUT2D eigenvalue weighted by Crippen LogP contribution is 2.26. The van der Waals surface area contributed by atoms with Gasteiger partial charge in [0.2, 0.25) is 11.8 Å². The van der Waals surface area contributed by atoms with Crippen LogP contribution in [0.3, 0.4) is 0 Å². The van der Waals surface area contributed by atoms with Crippen molar-refractivity contribution in [3.8, 4) is 0 Å². The summed E-state index contributed by atoms with van der Waals surface area (Å²) in [5, 5.41) is 3.24. The van der Waals surface area contributed by atoms with Gasteiger partial charge >= 0.3 is 0 Å². The first-order chi connectivity index (χ1) is 16.9. The monoisotopic (exact) mass is 485 g/mol. The second-order valence-corrected chi connectivity index (χ2v) is 10.6. The van der Waals surface area contributed by atoms with Crippen molar-refractivity contribution in [1.82, 2.24) is 20.0 Å².